The van der Waals surface area contributed by atoms with Gasteiger partial charge in [-0.15, -0.1) is 0 Å². The van der Waals surface area contributed by atoms with Crippen LogP contribution >= 0.6 is 0 Å². The molecule has 0 aromatic carbocycles. The minimum atomic E-state index is -6.00. The van der Waals surface area contributed by atoms with Crippen LogP contribution in [0.3, 0.4) is 0 Å². The van der Waals surface area contributed by atoms with Gasteiger partial charge in [-0.1, -0.05) is 41.5 Å². The molecule has 0 aromatic heterocycles. The van der Waals surface area contributed by atoms with Crippen molar-refractivity contribution in [2.24, 2.45) is 10.8 Å². The van der Waals surface area contributed by atoms with Gasteiger partial charge in [0.1, 0.15) is 14.3 Å². The second kappa shape index (κ2) is 7.64. The van der Waals surface area contributed by atoms with E-state index in [1.165, 1.54) is 12.2 Å². The number of ether oxygens (including phenoxy) is 1. The van der Waals surface area contributed by atoms with E-state index in [2.05, 4.69) is 41.5 Å². The SMILES string of the molecule is F[B-](F)(F)F.[2H]C1=CC(=C2C=C(C(C)(C)C)OC(C(C)(C)C)=C2)C=C([2H])[N+]1=O. The van der Waals surface area contributed by atoms with Crippen LogP contribution in [0, 0.1) is 15.7 Å². The van der Waals surface area contributed by atoms with Crippen molar-refractivity contribution in [3.05, 3.63) is 64.2 Å². The van der Waals surface area contributed by atoms with E-state index in [1.807, 2.05) is 12.2 Å². The van der Waals surface area contributed by atoms with Gasteiger partial charge in [0.2, 0.25) is 12.4 Å². The number of hydrogen-bond acceptors (Lipinski definition) is 2. The average Bonchev–Trinajstić information content (AvgIpc) is 2.48. The second-order valence-corrected chi connectivity index (χ2v) is 7.87. The Morgan fingerprint density at radius 2 is 1.23 bits per heavy atom. The number of nitroso groups, excluding NO2 is 1. The molecule has 8 heteroatoms. The molecule has 0 radical (unpaired) electrons. The van der Waals surface area contributed by atoms with E-state index < -0.39 is 7.25 Å². The molecule has 0 saturated carbocycles. The summed E-state index contributed by atoms with van der Waals surface area (Å²) in [5.41, 5.74) is 1.20. The van der Waals surface area contributed by atoms with Crippen molar-refractivity contribution in [1.82, 2.24) is 0 Å². The molecule has 0 aromatic rings. The highest BCUT2D eigenvalue weighted by Crippen LogP contribution is 2.39. The molecule has 2 rings (SSSR count). The third kappa shape index (κ3) is 7.41. The number of rotatable bonds is 0. The van der Waals surface area contributed by atoms with E-state index >= 15 is 0 Å². The zero-order valence-electron chi connectivity index (χ0n) is 17.7. The maximum Gasteiger partial charge on any atom is 0.673 e. The Labute approximate surface area is 154 Å². The van der Waals surface area contributed by atoms with Gasteiger partial charge in [-0.25, -0.2) is 0 Å². The first kappa shape index (κ1) is 18.7. The van der Waals surface area contributed by atoms with Crippen LogP contribution < -0.4 is 0 Å². The number of hydrogen-bond donors (Lipinski definition) is 0. The van der Waals surface area contributed by atoms with Gasteiger partial charge in [-0.3, -0.25) is 0 Å². The van der Waals surface area contributed by atoms with Crippen molar-refractivity contribution in [2.45, 2.75) is 41.5 Å². The third-order valence-corrected chi connectivity index (χ3v) is 3.28. The Kier molecular flexibility index (Phi) is 5.48. The van der Waals surface area contributed by atoms with Crippen LogP contribution in [0.2, 0.25) is 0 Å². The van der Waals surface area contributed by atoms with Gasteiger partial charge in [0, 0.05) is 27.9 Å². The lowest BCUT2D eigenvalue weighted by Gasteiger charge is -2.33. The molecule has 0 fully saturated rings. The maximum atomic E-state index is 11.5. The first-order valence-electron chi connectivity index (χ1n) is 8.97. The van der Waals surface area contributed by atoms with Crippen LogP contribution in [0.5, 0.6) is 0 Å². The Hall–Kier alpha value is -2.12. The maximum absolute atomic E-state index is 11.5. The van der Waals surface area contributed by atoms with E-state index in [0.717, 1.165) is 17.1 Å². The summed E-state index contributed by atoms with van der Waals surface area (Å²) in [6.07, 6.45) is 6.36. The summed E-state index contributed by atoms with van der Waals surface area (Å²) < 4.78 is 60.8. The highest BCUT2D eigenvalue weighted by Gasteiger charge is 2.29. The molecular weight excluding hydrogens is 349 g/mol. The van der Waals surface area contributed by atoms with Crippen molar-refractivity contribution in [2.75, 3.05) is 0 Å². The predicted molar refractivity (Wildman–Crippen MR) is 95.3 cm³/mol. The molecule has 0 aliphatic carbocycles. The molecule has 0 atom stereocenters. The van der Waals surface area contributed by atoms with E-state index in [1.54, 1.807) is 0 Å². The van der Waals surface area contributed by atoms with Crippen molar-refractivity contribution in [1.29, 1.82) is 0 Å². The summed E-state index contributed by atoms with van der Waals surface area (Å²) in [5, 5.41) is 0. The fourth-order valence-corrected chi connectivity index (χ4v) is 1.91. The Morgan fingerprint density at radius 1 is 0.885 bits per heavy atom. The minimum absolute atomic E-state index is 0.170. The first-order valence-corrected chi connectivity index (χ1v) is 7.97. The minimum Gasteiger partial charge on any atom is -0.465 e. The van der Waals surface area contributed by atoms with Crippen LogP contribution in [-0.4, -0.2) is 12.0 Å². The highest BCUT2D eigenvalue weighted by atomic mass is 19.5. The van der Waals surface area contributed by atoms with Crippen molar-refractivity contribution in [3.63, 3.8) is 0 Å². The molecule has 0 spiro atoms. The fourth-order valence-electron chi connectivity index (χ4n) is 1.91. The zero-order valence-corrected chi connectivity index (χ0v) is 15.7. The average molecular weight is 375 g/mol. The smallest absolute Gasteiger partial charge is 0.465 e. The van der Waals surface area contributed by atoms with Crippen LogP contribution in [0.1, 0.15) is 44.3 Å². The molecule has 2 heterocycles. The molecule has 0 saturated heterocycles. The quantitative estimate of drug-likeness (QED) is 0.283. The number of nitrogens with zero attached hydrogens (tertiary/aromatic N) is 1. The molecule has 2 aliphatic rings. The van der Waals surface area contributed by atoms with Crippen molar-refractivity contribution in [3.8, 4) is 0 Å². The summed E-state index contributed by atoms with van der Waals surface area (Å²) >= 11 is 0. The summed E-state index contributed by atoms with van der Waals surface area (Å²) in [4.78, 5) is 11.5. The molecule has 26 heavy (non-hydrogen) atoms. The summed E-state index contributed by atoms with van der Waals surface area (Å²) in [6.45, 7) is 12.4. The number of halogens is 4. The lowest BCUT2D eigenvalue weighted by Crippen LogP contribution is -2.21. The van der Waals surface area contributed by atoms with Gasteiger partial charge in [0.05, 0.1) is 4.76 Å². The molecular formula is C18H24BF4NO2. The lowest BCUT2D eigenvalue weighted by atomic mass is 9.86. The van der Waals surface area contributed by atoms with E-state index in [0.29, 0.717) is 10.3 Å². The molecule has 2 aliphatic heterocycles. The van der Waals surface area contributed by atoms with Crippen molar-refractivity contribution < 1.29 is 29.5 Å². The van der Waals surface area contributed by atoms with Gasteiger partial charge >= 0.3 is 7.25 Å². The topological polar surface area (TPSA) is 29.3 Å². The first-order chi connectivity index (χ1) is 12.4. The molecule has 144 valence electrons. The molecule has 0 unspecified atom stereocenters. The molecule has 0 amide bonds. The van der Waals surface area contributed by atoms with E-state index in [4.69, 9.17) is 7.48 Å². The van der Waals surface area contributed by atoms with Crippen molar-refractivity contribution >= 4 is 7.25 Å². The van der Waals surface area contributed by atoms with Gasteiger partial charge in [-0.2, -0.15) is 0 Å². The Balaban J connectivity index is 0.000000696. The van der Waals surface area contributed by atoms with Crippen LogP contribution in [-0.2, 0) is 4.74 Å². The summed E-state index contributed by atoms with van der Waals surface area (Å²) in [5.74, 6) is 1.66. The fraction of sp³-hybridized carbons (Fsp3) is 0.444. The van der Waals surface area contributed by atoms with Gasteiger partial charge in [-0.05, 0) is 23.3 Å². The van der Waals surface area contributed by atoms with Gasteiger partial charge in [0.15, 0.2) is 0 Å². The second-order valence-electron chi connectivity index (χ2n) is 7.87. The standard InChI is InChI=1S/C18H24NO2.BF4/c1-17(2,3)15-11-14(12-16(21-15)18(4,5)6)13-7-9-19(20)10-8-13;2-1(3,4)5/h7-12H,1-6H3;/q+1;-1/i9D,10D;. The third-order valence-electron chi connectivity index (χ3n) is 3.28. The molecule has 0 bridgehead atoms. The van der Waals surface area contributed by atoms with Crippen LogP contribution in [0.4, 0.5) is 17.3 Å². The van der Waals surface area contributed by atoms with Crippen LogP contribution in [0.25, 0.3) is 0 Å². The zero-order chi connectivity index (χ0) is 22.1. The monoisotopic (exact) mass is 375 g/mol. The van der Waals surface area contributed by atoms with Crippen LogP contribution in [0.15, 0.2) is 59.3 Å². The predicted octanol–water partition coefficient (Wildman–Crippen LogP) is 6.29. The van der Waals surface area contributed by atoms with E-state index in [-0.39, 0.29) is 23.2 Å². The Bertz CT molecular complexity index is 749. The number of allylic oxidation sites excluding steroid dienone is 8. The van der Waals surface area contributed by atoms with E-state index in [9.17, 15) is 22.2 Å². The van der Waals surface area contributed by atoms with Gasteiger partial charge in [0.25, 0.3) is 0 Å². The largest absolute Gasteiger partial charge is 0.673 e. The normalized spacial score (nSPS) is 19.8. The summed E-state index contributed by atoms with van der Waals surface area (Å²) in [6, 6.07) is 0. The Morgan fingerprint density at radius 3 is 1.54 bits per heavy atom. The molecule has 0 N–H and O–H groups in total. The summed E-state index contributed by atoms with van der Waals surface area (Å²) in [7, 11) is -6.00. The van der Waals surface area contributed by atoms with Gasteiger partial charge < -0.3 is 22.0 Å². The lowest BCUT2D eigenvalue weighted by molar-refractivity contribution is -0.403. The molecule has 3 nitrogen and oxygen atoms in total. The highest BCUT2D eigenvalue weighted by molar-refractivity contribution is 6.50.